The van der Waals surface area contributed by atoms with E-state index >= 15 is 0 Å². The van der Waals surface area contributed by atoms with Gasteiger partial charge in [0, 0.05) is 12.6 Å². The largest absolute Gasteiger partial charge is 0.497 e. The number of carbonyl (C=O) groups excluding carboxylic acids is 1. The summed E-state index contributed by atoms with van der Waals surface area (Å²) in [5.41, 5.74) is 0.691. The van der Waals surface area contributed by atoms with E-state index in [0.717, 1.165) is 25.1 Å². The molecule has 2 aromatic rings. The maximum atomic E-state index is 12.8. The van der Waals surface area contributed by atoms with Gasteiger partial charge in [0.25, 0.3) is 0 Å². The number of fused-ring (bicyclic) bond motifs is 1. The van der Waals surface area contributed by atoms with Crippen molar-refractivity contribution < 1.29 is 28.8 Å². The van der Waals surface area contributed by atoms with Crippen molar-refractivity contribution in [2.24, 2.45) is 0 Å². The van der Waals surface area contributed by atoms with Crippen LogP contribution in [0.15, 0.2) is 42.5 Å². The lowest BCUT2D eigenvalue weighted by Gasteiger charge is -2.31. The number of ether oxygens (including phenoxy) is 4. The Morgan fingerprint density at radius 1 is 1.15 bits per heavy atom. The molecule has 34 heavy (non-hydrogen) atoms. The van der Waals surface area contributed by atoms with Crippen LogP contribution in [0.4, 0.5) is 0 Å². The van der Waals surface area contributed by atoms with Gasteiger partial charge >= 0.3 is 0 Å². The van der Waals surface area contributed by atoms with Gasteiger partial charge in [-0.1, -0.05) is 6.07 Å². The number of methoxy groups -OCH3 is 1. The second-order valence-corrected chi connectivity index (χ2v) is 8.78. The fourth-order valence-electron chi connectivity index (χ4n) is 4.43. The Morgan fingerprint density at radius 3 is 2.59 bits per heavy atom. The SMILES string of the molecule is COc1ccc(OCCC(=O)N[C@H](CN2CCC[C@H]2C)C(O)c2ccc3c(c2)OCCO3)cc1. The first-order valence-corrected chi connectivity index (χ1v) is 11.9. The minimum atomic E-state index is -0.880. The fourth-order valence-corrected chi connectivity index (χ4v) is 4.43. The molecule has 1 fully saturated rings. The summed E-state index contributed by atoms with van der Waals surface area (Å²) in [5, 5.41) is 14.3. The van der Waals surface area contributed by atoms with Gasteiger partial charge in [-0.2, -0.15) is 0 Å². The van der Waals surface area contributed by atoms with E-state index in [2.05, 4.69) is 17.1 Å². The predicted molar refractivity (Wildman–Crippen MR) is 128 cm³/mol. The Morgan fingerprint density at radius 2 is 1.88 bits per heavy atom. The topological polar surface area (TPSA) is 89.5 Å². The first kappa shape index (κ1) is 24.2. The average Bonchev–Trinajstić information content (AvgIpc) is 3.27. The summed E-state index contributed by atoms with van der Waals surface area (Å²) in [6, 6.07) is 12.6. The number of hydrogen-bond donors (Lipinski definition) is 2. The van der Waals surface area contributed by atoms with Crippen LogP contribution in [-0.2, 0) is 4.79 Å². The van der Waals surface area contributed by atoms with E-state index in [0.29, 0.717) is 48.6 Å². The second kappa shape index (κ2) is 11.4. The maximum absolute atomic E-state index is 12.8. The summed E-state index contributed by atoms with van der Waals surface area (Å²) >= 11 is 0. The quantitative estimate of drug-likeness (QED) is 0.552. The Hall–Kier alpha value is -2.97. The Kier molecular flexibility index (Phi) is 8.13. The molecule has 2 N–H and O–H groups in total. The molecule has 1 unspecified atom stereocenters. The lowest BCUT2D eigenvalue weighted by molar-refractivity contribution is -0.123. The Balaban J connectivity index is 1.38. The van der Waals surface area contributed by atoms with Crippen molar-refractivity contribution in [1.82, 2.24) is 10.2 Å². The van der Waals surface area contributed by atoms with Gasteiger partial charge in [0.1, 0.15) is 30.8 Å². The van der Waals surface area contributed by atoms with Gasteiger partial charge in [0.05, 0.1) is 26.2 Å². The highest BCUT2D eigenvalue weighted by molar-refractivity contribution is 5.76. The number of hydrogen-bond acceptors (Lipinski definition) is 7. The highest BCUT2D eigenvalue weighted by Gasteiger charge is 2.30. The first-order valence-electron chi connectivity index (χ1n) is 11.9. The molecule has 184 valence electrons. The molecular formula is C26H34N2O6. The monoisotopic (exact) mass is 470 g/mol. The van der Waals surface area contributed by atoms with Crippen molar-refractivity contribution >= 4 is 5.91 Å². The van der Waals surface area contributed by atoms with Gasteiger partial charge in [-0.3, -0.25) is 9.69 Å². The smallest absolute Gasteiger partial charge is 0.223 e. The number of carbonyl (C=O) groups is 1. The predicted octanol–water partition coefficient (Wildman–Crippen LogP) is 2.94. The van der Waals surface area contributed by atoms with E-state index in [1.165, 1.54) is 0 Å². The maximum Gasteiger partial charge on any atom is 0.223 e. The van der Waals surface area contributed by atoms with Gasteiger partial charge in [-0.15, -0.1) is 0 Å². The highest BCUT2D eigenvalue weighted by atomic mass is 16.6. The third kappa shape index (κ3) is 6.12. The van der Waals surface area contributed by atoms with Gasteiger partial charge in [-0.05, 0) is 68.3 Å². The van der Waals surface area contributed by atoms with Crippen LogP contribution in [0, 0.1) is 0 Å². The fraction of sp³-hybridized carbons (Fsp3) is 0.500. The summed E-state index contributed by atoms with van der Waals surface area (Å²) in [7, 11) is 1.61. The van der Waals surface area contributed by atoms with Crippen LogP contribution in [-0.4, -0.2) is 68.0 Å². The van der Waals surface area contributed by atoms with E-state index in [9.17, 15) is 9.90 Å². The molecule has 2 aliphatic rings. The number of nitrogens with one attached hydrogen (secondary N) is 1. The van der Waals surface area contributed by atoms with Crippen LogP contribution in [0.25, 0.3) is 0 Å². The molecule has 0 aliphatic carbocycles. The third-order valence-electron chi connectivity index (χ3n) is 6.41. The molecular weight excluding hydrogens is 436 g/mol. The molecule has 0 radical (unpaired) electrons. The molecule has 4 rings (SSSR count). The van der Waals surface area contributed by atoms with Crippen LogP contribution in [0.2, 0.25) is 0 Å². The lowest BCUT2D eigenvalue weighted by Crippen LogP contribution is -2.48. The molecule has 3 atom stereocenters. The molecule has 0 spiro atoms. The second-order valence-electron chi connectivity index (χ2n) is 8.78. The number of aliphatic hydroxyl groups excluding tert-OH is 1. The van der Waals surface area contributed by atoms with E-state index in [4.69, 9.17) is 18.9 Å². The number of likely N-dealkylation sites (tertiary alicyclic amines) is 1. The van der Waals surface area contributed by atoms with E-state index in [-0.39, 0.29) is 18.9 Å². The minimum absolute atomic E-state index is 0.165. The van der Waals surface area contributed by atoms with E-state index < -0.39 is 12.1 Å². The van der Waals surface area contributed by atoms with Crippen LogP contribution < -0.4 is 24.3 Å². The van der Waals surface area contributed by atoms with Crippen molar-refractivity contribution in [2.75, 3.05) is 40.0 Å². The number of nitrogens with zero attached hydrogens (tertiary/aromatic N) is 1. The molecule has 1 amide bonds. The van der Waals surface area contributed by atoms with Crippen LogP contribution in [0.1, 0.15) is 37.9 Å². The number of benzene rings is 2. The standard InChI is InChI=1S/C26H34N2O6/c1-18-4-3-12-28(18)17-22(26(30)19-5-10-23-24(16-19)34-15-14-33-23)27-25(29)11-13-32-21-8-6-20(31-2)7-9-21/h5-10,16,18,22,26,30H,3-4,11-15,17H2,1-2H3,(H,27,29)/t18-,22-,26?/m1/s1. The highest BCUT2D eigenvalue weighted by Crippen LogP contribution is 2.33. The molecule has 8 nitrogen and oxygen atoms in total. The van der Waals surface area contributed by atoms with Gasteiger partial charge < -0.3 is 29.4 Å². The summed E-state index contributed by atoms with van der Waals surface area (Å²) in [6.07, 6.45) is 1.55. The molecule has 0 aromatic heterocycles. The number of rotatable bonds is 10. The zero-order chi connectivity index (χ0) is 23.9. The van der Waals surface area contributed by atoms with Gasteiger partial charge in [0.2, 0.25) is 5.91 Å². The molecule has 1 saturated heterocycles. The van der Waals surface area contributed by atoms with Crippen LogP contribution >= 0.6 is 0 Å². The zero-order valence-corrected chi connectivity index (χ0v) is 19.9. The molecule has 8 heteroatoms. The van der Waals surface area contributed by atoms with Crippen molar-refractivity contribution in [1.29, 1.82) is 0 Å². The summed E-state index contributed by atoms with van der Waals surface area (Å²) in [6.45, 7) is 4.95. The van der Waals surface area contributed by atoms with Crippen molar-refractivity contribution in [3.63, 3.8) is 0 Å². The van der Waals surface area contributed by atoms with Crippen LogP contribution in [0.5, 0.6) is 23.0 Å². The minimum Gasteiger partial charge on any atom is -0.497 e. The molecule has 2 heterocycles. The lowest BCUT2D eigenvalue weighted by atomic mass is 10.0. The van der Waals surface area contributed by atoms with Gasteiger partial charge in [0.15, 0.2) is 11.5 Å². The van der Waals surface area contributed by atoms with Crippen molar-refractivity contribution in [3.8, 4) is 23.0 Å². The Bertz CT molecular complexity index is 951. The van der Waals surface area contributed by atoms with Crippen molar-refractivity contribution in [2.45, 2.75) is 44.4 Å². The van der Waals surface area contributed by atoms with E-state index in [1.54, 1.807) is 25.3 Å². The van der Waals surface area contributed by atoms with Crippen molar-refractivity contribution in [3.05, 3.63) is 48.0 Å². The van der Waals surface area contributed by atoms with Crippen LogP contribution in [0.3, 0.4) is 0 Å². The number of aliphatic hydroxyl groups is 1. The van der Waals surface area contributed by atoms with Gasteiger partial charge in [-0.25, -0.2) is 0 Å². The molecule has 2 aliphatic heterocycles. The zero-order valence-electron chi connectivity index (χ0n) is 19.9. The molecule has 0 saturated carbocycles. The Labute approximate surface area is 200 Å². The summed E-state index contributed by atoms with van der Waals surface area (Å²) < 4.78 is 22.1. The first-order chi connectivity index (χ1) is 16.5. The summed E-state index contributed by atoms with van der Waals surface area (Å²) in [5.74, 6) is 2.55. The molecule has 2 aromatic carbocycles. The third-order valence-corrected chi connectivity index (χ3v) is 6.41. The summed E-state index contributed by atoms with van der Waals surface area (Å²) in [4.78, 5) is 15.1. The number of amides is 1. The normalized spacial score (nSPS) is 19.3. The average molecular weight is 471 g/mol. The molecule has 0 bridgehead atoms. The van der Waals surface area contributed by atoms with E-state index in [1.807, 2.05) is 24.3 Å².